The van der Waals surface area contributed by atoms with Crippen LogP contribution in [0.25, 0.3) is 67.2 Å². The van der Waals surface area contributed by atoms with Gasteiger partial charge < -0.3 is 23.3 Å². The molecular formula is C47H41Cl2N7O7. The molecular weight excluding hydrogens is 845 g/mol. The van der Waals surface area contributed by atoms with E-state index < -0.39 is 11.9 Å². The monoisotopic (exact) mass is 885 g/mol. The van der Waals surface area contributed by atoms with Crippen LogP contribution >= 0.6 is 23.2 Å². The molecule has 0 saturated heterocycles. The lowest BCUT2D eigenvalue weighted by molar-refractivity contribution is -0.159. The van der Waals surface area contributed by atoms with E-state index in [0.717, 1.165) is 44.1 Å². The zero-order valence-corrected chi connectivity index (χ0v) is 36.3. The number of rotatable bonds is 16. The smallest absolute Gasteiger partial charge is 0.313 e. The molecule has 320 valence electrons. The highest BCUT2D eigenvalue weighted by Crippen LogP contribution is 2.35. The minimum absolute atomic E-state index is 0.0189. The molecule has 0 radical (unpaired) electrons. The summed E-state index contributed by atoms with van der Waals surface area (Å²) in [7, 11) is 0. The lowest BCUT2D eigenvalue weighted by Gasteiger charge is -2.11. The third kappa shape index (κ3) is 9.98. The highest BCUT2D eigenvalue weighted by atomic mass is 35.5. The van der Waals surface area contributed by atoms with E-state index >= 15 is 0 Å². The van der Waals surface area contributed by atoms with Crippen molar-refractivity contribution >= 4 is 56.7 Å². The van der Waals surface area contributed by atoms with Gasteiger partial charge in [-0.05, 0) is 101 Å². The summed E-state index contributed by atoms with van der Waals surface area (Å²) in [6.07, 6.45) is 6.80. The molecule has 0 N–H and O–H groups in total. The van der Waals surface area contributed by atoms with Crippen LogP contribution in [0.2, 0.25) is 10.0 Å². The average molecular weight is 887 g/mol. The molecule has 5 aromatic heterocycles. The lowest BCUT2D eigenvalue weighted by atomic mass is 10.0. The van der Waals surface area contributed by atoms with Crippen LogP contribution in [-0.2, 0) is 27.2 Å². The zero-order chi connectivity index (χ0) is 44.0. The second-order valence-electron chi connectivity index (χ2n) is 15.2. The van der Waals surface area contributed by atoms with E-state index in [1.54, 1.807) is 36.8 Å². The Morgan fingerprint density at radius 3 is 1.68 bits per heavy atom. The molecule has 8 rings (SSSR count). The Morgan fingerprint density at radius 1 is 0.619 bits per heavy atom. The van der Waals surface area contributed by atoms with Crippen molar-refractivity contribution in [2.75, 3.05) is 0 Å². The number of nitrogens with zero attached hydrogens (tertiary/aromatic N) is 7. The predicted octanol–water partition coefficient (Wildman–Crippen LogP) is 10.9. The second kappa shape index (κ2) is 19.1. The fourth-order valence-electron chi connectivity index (χ4n) is 7.09. The molecule has 0 saturated carbocycles. The van der Waals surface area contributed by atoms with Crippen LogP contribution in [-0.4, -0.2) is 59.4 Å². The van der Waals surface area contributed by atoms with Crippen LogP contribution in [0.5, 0.6) is 11.6 Å². The van der Waals surface area contributed by atoms with Gasteiger partial charge in [0.1, 0.15) is 10.8 Å². The Bertz CT molecular complexity index is 2750. The number of esters is 2. The number of benzene rings is 3. The van der Waals surface area contributed by atoms with E-state index in [1.165, 1.54) is 0 Å². The van der Waals surface area contributed by atoms with Gasteiger partial charge in [0.05, 0.1) is 22.8 Å². The van der Waals surface area contributed by atoms with Gasteiger partial charge in [-0.25, -0.2) is 4.98 Å². The fourth-order valence-corrected chi connectivity index (χ4v) is 7.53. The van der Waals surface area contributed by atoms with E-state index in [1.807, 2.05) is 82.3 Å². The molecule has 0 unspecified atom stereocenters. The van der Waals surface area contributed by atoms with E-state index in [2.05, 4.69) is 35.2 Å². The van der Waals surface area contributed by atoms with E-state index in [4.69, 9.17) is 46.5 Å². The molecule has 0 aliphatic heterocycles. The first-order valence-corrected chi connectivity index (χ1v) is 21.2. The molecule has 0 spiro atoms. The van der Waals surface area contributed by atoms with Crippen molar-refractivity contribution in [3.05, 3.63) is 113 Å². The van der Waals surface area contributed by atoms with Crippen molar-refractivity contribution in [3.8, 4) is 57.3 Å². The van der Waals surface area contributed by atoms with Gasteiger partial charge in [-0.2, -0.15) is 9.97 Å². The molecule has 8 aromatic rings. The number of hydrogen-bond donors (Lipinski definition) is 0. The molecule has 16 heteroatoms. The Hall–Kier alpha value is -6.77. The van der Waals surface area contributed by atoms with Crippen LogP contribution < -0.4 is 9.47 Å². The Labute approximate surface area is 371 Å². The molecule has 0 atom stereocenters. The lowest BCUT2D eigenvalue weighted by Crippen LogP contribution is -2.12. The highest BCUT2D eigenvalue weighted by molar-refractivity contribution is 6.32. The summed E-state index contributed by atoms with van der Waals surface area (Å²) in [5, 5.41) is 12.8. The molecule has 14 nitrogen and oxygen atoms in total. The normalized spacial score (nSPS) is 11.5. The van der Waals surface area contributed by atoms with Crippen LogP contribution in [0.4, 0.5) is 0 Å². The quantitative estimate of drug-likeness (QED) is 0.0661. The summed E-state index contributed by atoms with van der Waals surface area (Å²) in [5.74, 6) is 1.09. The zero-order valence-electron chi connectivity index (χ0n) is 34.8. The SMILES string of the molecule is CC(C)Oc1ccc(-c2nc(-c3cccc4c(CCCC(=O)OC(=O)CCCc5nccc6c(-c7noc(-c8cnc(OC(C)C)c(Cl)c8)n7)cccc56)nccc34)no2)cc1Cl. The molecule has 0 aliphatic rings. The van der Waals surface area contributed by atoms with Gasteiger partial charge in [0, 0.05) is 70.3 Å². The number of ether oxygens (including phenoxy) is 3. The van der Waals surface area contributed by atoms with Gasteiger partial charge in [0.2, 0.25) is 17.5 Å². The van der Waals surface area contributed by atoms with Crippen molar-refractivity contribution < 1.29 is 32.8 Å². The third-order valence-corrected chi connectivity index (χ3v) is 10.4. The Kier molecular flexibility index (Phi) is 13.0. The number of aromatic nitrogens is 7. The van der Waals surface area contributed by atoms with Crippen LogP contribution in [0.1, 0.15) is 64.8 Å². The standard InChI is InChI=1S/C47H41Cl2N7O7/c1-26(2)59-40-18-17-28(23-36(40)48)45-53-43(55-62-45)34-11-5-9-32-30(34)19-21-50-38(32)13-7-15-41(57)61-42(58)16-8-14-39-33-10-6-12-35(31(33)20-22-51-39)44-54-46(63-56-44)29-24-37(49)47(52-25-29)60-27(3)4/h5-6,9-12,17-27H,7-8,13-16H2,1-4H3. The van der Waals surface area contributed by atoms with Gasteiger partial charge in [0.15, 0.2) is 0 Å². The predicted molar refractivity (Wildman–Crippen MR) is 237 cm³/mol. The van der Waals surface area contributed by atoms with Crippen molar-refractivity contribution in [1.82, 2.24) is 35.2 Å². The Morgan fingerprint density at radius 2 is 1.16 bits per heavy atom. The van der Waals surface area contributed by atoms with E-state index in [-0.39, 0.29) is 30.9 Å². The number of hydrogen-bond acceptors (Lipinski definition) is 14. The van der Waals surface area contributed by atoms with Crippen LogP contribution in [0, 0.1) is 0 Å². The molecule has 3 aromatic carbocycles. The number of pyridine rings is 3. The van der Waals surface area contributed by atoms with Crippen molar-refractivity contribution in [2.24, 2.45) is 0 Å². The summed E-state index contributed by atoms with van der Waals surface area (Å²) in [5.41, 5.74) is 4.31. The first kappa shape index (κ1) is 42.9. The number of aryl methyl sites for hydroxylation is 2. The van der Waals surface area contributed by atoms with Crippen LogP contribution in [0.15, 0.2) is 100 Å². The van der Waals surface area contributed by atoms with Gasteiger partial charge in [-0.3, -0.25) is 19.6 Å². The van der Waals surface area contributed by atoms with Gasteiger partial charge in [0.25, 0.3) is 11.8 Å². The maximum absolute atomic E-state index is 12.7. The van der Waals surface area contributed by atoms with E-state index in [0.29, 0.717) is 76.0 Å². The maximum Gasteiger partial charge on any atom is 0.313 e. The molecule has 0 bridgehead atoms. The first-order chi connectivity index (χ1) is 30.5. The van der Waals surface area contributed by atoms with Gasteiger partial charge in [-0.1, -0.05) is 69.9 Å². The summed E-state index contributed by atoms with van der Waals surface area (Å²) in [6, 6.07) is 22.3. The molecule has 63 heavy (non-hydrogen) atoms. The summed E-state index contributed by atoms with van der Waals surface area (Å²) >= 11 is 12.8. The minimum atomic E-state index is -0.590. The topological polar surface area (TPSA) is 178 Å². The van der Waals surface area contributed by atoms with E-state index in [9.17, 15) is 9.59 Å². The van der Waals surface area contributed by atoms with Gasteiger partial charge in [-0.15, -0.1) is 0 Å². The summed E-state index contributed by atoms with van der Waals surface area (Å²) in [4.78, 5) is 48.2. The maximum atomic E-state index is 12.7. The number of carbonyl (C=O) groups excluding carboxylic acids is 2. The minimum Gasteiger partial charge on any atom is -0.489 e. The number of fused-ring (bicyclic) bond motifs is 2. The van der Waals surface area contributed by atoms with Crippen molar-refractivity contribution in [3.63, 3.8) is 0 Å². The van der Waals surface area contributed by atoms with Crippen molar-refractivity contribution in [2.45, 2.75) is 78.4 Å². The molecule has 0 aliphatic carbocycles. The average Bonchev–Trinajstić information content (AvgIpc) is 3.96. The molecule has 0 fully saturated rings. The summed E-state index contributed by atoms with van der Waals surface area (Å²) in [6.45, 7) is 7.64. The molecule has 0 amide bonds. The summed E-state index contributed by atoms with van der Waals surface area (Å²) < 4.78 is 27.8. The van der Waals surface area contributed by atoms with Crippen molar-refractivity contribution in [1.29, 1.82) is 0 Å². The second-order valence-corrected chi connectivity index (χ2v) is 16.0. The number of halogens is 2. The largest absolute Gasteiger partial charge is 0.489 e. The Balaban J connectivity index is 0.845. The highest BCUT2D eigenvalue weighted by Gasteiger charge is 2.19. The number of carbonyl (C=O) groups is 2. The first-order valence-electron chi connectivity index (χ1n) is 20.4. The fraction of sp³-hybridized carbons (Fsp3) is 0.255. The third-order valence-electron chi connectivity index (χ3n) is 9.87. The molecule has 5 heterocycles. The van der Waals surface area contributed by atoms with Gasteiger partial charge >= 0.3 is 11.9 Å². The van der Waals surface area contributed by atoms with Crippen LogP contribution in [0.3, 0.4) is 0 Å².